The molecule has 9 heteroatoms. The highest BCUT2D eigenvalue weighted by Gasteiger charge is 2.29. The maximum absolute atomic E-state index is 13.2. The van der Waals surface area contributed by atoms with E-state index in [9.17, 15) is 9.59 Å². The summed E-state index contributed by atoms with van der Waals surface area (Å²) < 4.78 is 3.31. The largest absolute Gasteiger partial charge is 0.311 e. The summed E-state index contributed by atoms with van der Waals surface area (Å²) in [5.74, 6) is 0.922. The number of carbonyl (C=O) groups is 1. The molecule has 1 aromatic carbocycles. The number of nitrogens with one attached hydrogen (secondary N) is 1. The van der Waals surface area contributed by atoms with Gasteiger partial charge in [-0.25, -0.2) is 14.6 Å². The minimum atomic E-state index is -0.263. The van der Waals surface area contributed by atoms with Gasteiger partial charge in [-0.2, -0.15) is 5.10 Å². The summed E-state index contributed by atoms with van der Waals surface area (Å²) in [4.78, 5) is 34.5. The standard InChI is InChI=1S/C21H18N6O2S/c1-13-5-4-6-14(9-13)27-19-16(11-23-27)20(29)26-15(12-30-21(26)25-19)10-18(28)24-17-7-2-3-8-22-17/h2-9,11,15H,10,12H2,1H3,(H,22,24,28)/t15-/m1/s1. The summed E-state index contributed by atoms with van der Waals surface area (Å²) in [6.45, 7) is 2.01. The third-order valence-corrected chi connectivity index (χ3v) is 6.07. The molecule has 1 amide bonds. The van der Waals surface area contributed by atoms with E-state index in [0.29, 0.717) is 27.8 Å². The third kappa shape index (κ3) is 3.26. The molecule has 8 nitrogen and oxygen atoms in total. The topological polar surface area (TPSA) is 94.7 Å². The van der Waals surface area contributed by atoms with E-state index < -0.39 is 0 Å². The number of hydrogen-bond acceptors (Lipinski definition) is 6. The molecule has 30 heavy (non-hydrogen) atoms. The zero-order valence-corrected chi connectivity index (χ0v) is 17.0. The lowest BCUT2D eigenvalue weighted by molar-refractivity contribution is -0.116. The van der Waals surface area contributed by atoms with Crippen molar-refractivity contribution in [3.8, 4) is 5.69 Å². The molecular formula is C21H18N6O2S. The Kier molecular flexibility index (Phi) is 4.59. The van der Waals surface area contributed by atoms with Crippen molar-refractivity contribution in [3.05, 3.63) is 70.8 Å². The SMILES string of the molecule is Cc1cccc(-n2ncc3c(=O)n4c(nc32)SC[C@H]4CC(=O)Nc2ccccn2)c1. The second kappa shape index (κ2) is 7.42. The quantitative estimate of drug-likeness (QED) is 0.512. The van der Waals surface area contributed by atoms with Gasteiger partial charge in [-0.3, -0.25) is 14.2 Å². The van der Waals surface area contributed by atoms with Gasteiger partial charge < -0.3 is 5.32 Å². The van der Waals surface area contributed by atoms with Crippen molar-refractivity contribution in [2.45, 2.75) is 24.5 Å². The Morgan fingerprint density at radius 2 is 2.17 bits per heavy atom. The molecule has 0 fully saturated rings. The number of nitrogens with zero attached hydrogens (tertiary/aromatic N) is 5. The van der Waals surface area contributed by atoms with Crippen LogP contribution >= 0.6 is 11.8 Å². The fraction of sp³-hybridized carbons (Fsp3) is 0.190. The van der Waals surface area contributed by atoms with Gasteiger partial charge in [-0.1, -0.05) is 30.0 Å². The first-order valence-corrected chi connectivity index (χ1v) is 10.5. The Labute approximate surface area is 176 Å². The van der Waals surface area contributed by atoms with Gasteiger partial charge in [0.2, 0.25) is 5.91 Å². The molecule has 0 radical (unpaired) electrons. The number of fused-ring (bicyclic) bond motifs is 2. The maximum atomic E-state index is 13.2. The number of thioether (sulfide) groups is 1. The van der Waals surface area contributed by atoms with Crippen molar-refractivity contribution < 1.29 is 4.79 Å². The van der Waals surface area contributed by atoms with E-state index in [-0.39, 0.29) is 23.9 Å². The summed E-state index contributed by atoms with van der Waals surface area (Å²) in [6, 6.07) is 12.9. The number of benzene rings is 1. The highest BCUT2D eigenvalue weighted by Crippen LogP contribution is 2.33. The third-order valence-electron chi connectivity index (χ3n) is 4.97. The molecule has 3 aromatic heterocycles. The highest BCUT2D eigenvalue weighted by molar-refractivity contribution is 7.99. The molecule has 0 bridgehead atoms. The Hall–Kier alpha value is -3.46. The predicted molar refractivity (Wildman–Crippen MR) is 115 cm³/mol. The summed E-state index contributed by atoms with van der Waals surface area (Å²) in [7, 11) is 0. The number of hydrogen-bond donors (Lipinski definition) is 1. The van der Waals surface area contributed by atoms with E-state index in [0.717, 1.165) is 11.3 Å². The zero-order valence-electron chi connectivity index (χ0n) is 16.1. The Morgan fingerprint density at radius 3 is 2.97 bits per heavy atom. The number of carbonyl (C=O) groups excluding carboxylic acids is 1. The molecule has 4 aromatic rings. The first-order chi connectivity index (χ1) is 14.6. The molecule has 1 atom stereocenters. The van der Waals surface area contributed by atoms with Crippen molar-refractivity contribution in [2.75, 3.05) is 11.1 Å². The predicted octanol–water partition coefficient (Wildman–Crippen LogP) is 2.96. The van der Waals surface area contributed by atoms with E-state index in [2.05, 4.69) is 15.4 Å². The average Bonchev–Trinajstić information content (AvgIpc) is 3.34. The van der Waals surface area contributed by atoms with Crippen molar-refractivity contribution in [1.82, 2.24) is 24.3 Å². The molecular weight excluding hydrogens is 400 g/mol. The van der Waals surface area contributed by atoms with Crippen LogP contribution in [0.4, 0.5) is 5.82 Å². The van der Waals surface area contributed by atoms with Crippen LogP contribution in [0.15, 0.2) is 64.8 Å². The molecule has 0 unspecified atom stereocenters. The summed E-state index contributed by atoms with van der Waals surface area (Å²) in [5.41, 5.74) is 2.32. The molecule has 5 rings (SSSR count). The van der Waals surface area contributed by atoms with Crippen LogP contribution < -0.4 is 10.9 Å². The fourth-order valence-corrected chi connectivity index (χ4v) is 4.70. The Bertz CT molecular complexity index is 1310. The van der Waals surface area contributed by atoms with Gasteiger partial charge in [-0.15, -0.1) is 0 Å². The van der Waals surface area contributed by atoms with Crippen molar-refractivity contribution >= 4 is 34.5 Å². The number of rotatable bonds is 4. The van der Waals surface area contributed by atoms with Gasteiger partial charge in [0.1, 0.15) is 11.2 Å². The van der Waals surface area contributed by atoms with Crippen LogP contribution in [0.1, 0.15) is 18.0 Å². The molecule has 0 saturated carbocycles. The van der Waals surface area contributed by atoms with Crippen LogP contribution in [0, 0.1) is 6.92 Å². The zero-order chi connectivity index (χ0) is 20.7. The lowest BCUT2D eigenvalue weighted by Gasteiger charge is -2.13. The number of amides is 1. The van der Waals surface area contributed by atoms with Crippen LogP contribution in [0.5, 0.6) is 0 Å². The first-order valence-electron chi connectivity index (χ1n) is 9.51. The van der Waals surface area contributed by atoms with Gasteiger partial charge in [0.25, 0.3) is 5.56 Å². The van der Waals surface area contributed by atoms with Crippen molar-refractivity contribution in [3.63, 3.8) is 0 Å². The van der Waals surface area contributed by atoms with Crippen LogP contribution in [0.3, 0.4) is 0 Å². The first kappa shape index (κ1) is 18.6. The molecule has 0 spiro atoms. The molecule has 0 aliphatic carbocycles. The fourth-order valence-electron chi connectivity index (χ4n) is 3.57. The number of aryl methyl sites for hydroxylation is 1. The van der Waals surface area contributed by atoms with Gasteiger partial charge >= 0.3 is 0 Å². The highest BCUT2D eigenvalue weighted by atomic mass is 32.2. The normalized spacial score (nSPS) is 15.3. The minimum absolute atomic E-state index is 0.172. The summed E-state index contributed by atoms with van der Waals surface area (Å²) in [5, 5.41) is 8.22. The number of pyridine rings is 1. The molecule has 150 valence electrons. The lowest BCUT2D eigenvalue weighted by atomic mass is 10.2. The Morgan fingerprint density at radius 1 is 1.27 bits per heavy atom. The Balaban J connectivity index is 1.47. The monoisotopic (exact) mass is 418 g/mol. The van der Waals surface area contributed by atoms with Crippen LogP contribution in [-0.2, 0) is 4.79 Å². The molecule has 4 heterocycles. The van der Waals surface area contributed by atoms with E-state index in [1.807, 2.05) is 31.2 Å². The van der Waals surface area contributed by atoms with Gasteiger partial charge in [0.15, 0.2) is 10.8 Å². The van der Waals surface area contributed by atoms with Gasteiger partial charge in [-0.05, 0) is 36.8 Å². The van der Waals surface area contributed by atoms with Gasteiger partial charge in [0.05, 0.1) is 17.9 Å². The average molecular weight is 418 g/mol. The summed E-state index contributed by atoms with van der Waals surface area (Å²) >= 11 is 1.48. The minimum Gasteiger partial charge on any atom is -0.311 e. The molecule has 1 aliphatic rings. The second-order valence-electron chi connectivity index (χ2n) is 7.13. The van der Waals surface area contributed by atoms with E-state index in [4.69, 9.17) is 4.98 Å². The van der Waals surface area contributed by atoms with E-state index >= 15 is 0 Å². The lowest BCUT2D eigenvalue weighted by Crippen LogP contribution is -2.27. The number of anilines is 1. The smallest absolute Gasteiger partial charge is 0.265 e. The van der Waals surface area contributed by atoms with Crippen molar-refractivity contribution in [2.24, 2.45) is 0 Å². The number of aromatic nitrogens is 5. The van der Waals surface area contributed by atoms with Gasteiger partial charge in [0, 0.05) is 18.4 Å². The van der Waals surface area contributed by atoms with E-state index in [1.165, 1.54) is 11.8 Å². The summed E-state index contributed by atoms with van der Waals surface area (Å²) in [6.07, 6.45) is 3.34. The maximum Gasteiger partial charge on any atom is 0.265 e. The molecule has 0 saturated heterocycles. The second-order valence-corrected chi connectivity index (χ2v) is 8.12. The molecule has 1 aliphatic heterocycles. The van der Waals surface area contributed by atoms with Crippen LogP contribution in [-0.4, -0.2) is 36.0 Å². The van der Waals surface area contributed by atoms with Crippen LogP contribution in [0.25, 0.3) is 16.7 Å². The van der Waals surface area contributed by atoms with E-state index in [1.54, 1.807) is 39.8 Å². The van der Waals surface area contributed by atoms with Crippen molar-refractivity contribution in [1.29, 1.82) is 0 Å². The molecule has 1 N–H and O–H groups in total. The van der Waals surface area contributed by atoms with Crippen LogP contribution in [0.2, 0.25) is 0 Å².